The number of sulfonamides is 1. The molecule has 2 aromatic carbocycles. The van der Waals surface area contributed by atoms with Crippen molar-refractivity contribution in [3.05, 3.63) is 65.2 Å². The first kappa shape index (κ1) is 22.1. The van der Waals surface area contributed by atoms with Crippen molar-refractivity contribution in [2.45, 2.75) is 25.2 Å². The van der Waals surface area contributed by atoms with E-state index in [1.165, 1.54) is 10.4 Å². The third kappa shape index (κ3) is 5.09. The third-order valence-electron chi connectivity index (χ3n) is 5.22. The zero-order valence-electron chi connectivity index (χ0n) is 17.7. The van der Waals surface area contributed by atoms with Crippen molar-refractivity contribution < 1.29 is 17.9 Å². The summed E-state index contributed by atoms with van der Waals surface area (Å²) < 4.78 is 32.7. The van der Waals surface area contributed by atoms with E-state index in [1.54, 1.807) is 42.4 Å². The second-order valence-corrected chi connectivity index (χ2v) is 9.41. The average molecular weight is 429 g/mol. The van der Waals surface area contributed by atoms with Gasteiger partial charge in [-0.1, -0.05) is 29.3 Å². The summed E-state index contributed by atoms with van der Waals surface area (Å²) in [4.78, 5) is 14.7. The van der Waals surface area contributed by atoms with Crippen LogP contribution in [0.15, 0.2) is 53.4 Å². The second-order valence-electron chi connectivity index (χ2n) is 7.47. The Bertz CT molecular complexity index is 1030. The molecule has 7 heteroatoms. The van der Waals surface area contributed by atoms with Gasteiger partial charge in [-0.05, 0) is 50.6 Å². The highest BCUT2D eigenvalue weighted by molar-refractivity contribution is 7.89. The zero-order chi connectivity index (χ0) is 21.7. The Hall–Kier alpha value is -2.64. The van der Waals surface area contributed by atoms with E-state index in [9.17, 15) is 13.2 Å². The molecule has 1 saturated heterocycles. The predicted molar refractivity (Wildman–Crippen MR) is 118 cm³/mol. The maximum atomic E-state index is 12.9. The standard InChI is InChI=1S/C23H28N2O4S/c1-18-5-9-21(10-6-18)30(27,28)25-14-4-13-24(15-16-25)23(26)12-8-20-17-19(2)7-11-22(20)29-3/h5-12,17H,4,13-16H2,1-3H3/b12-8+. The van der Waals surface area contributed by atoms with E-state index < -0.39 is 10.0 Å². The molecule has 3 rings (SSSR count). The Labute approximate surface area is 178 Å². The number of rotatable bonds is 5. The van der Waals surface area contributed by atoms with Crippen molar-refractivity contribution in [2.24, 2.45) is 0 Å². The summed E-state index contributed by atoms with van der Waals surface area (Å²) in [5.74, 6) is 0.573. The molecule has 0 bridgehead atoms. The van der Waals surface area contributed by atoms with Gasteiger partial charge in [0.25, 0.3) is 0 Å². The molecule has 0 unspecified atom stereocenters. The molecular formula is C23H28N2O4S. The Kier molecular flexibility index (Phi) is 6.95. The zero-order valence-corrected chi connectivity index (χ0v) is 18.5. The van der Waals surface area contributed by atoms with Crippen LogP contribution in [0.3, 0.4) is 0 Å². The minimum Gasteiger partial charge on any atom is -0.496 e. The van der Waals surface area contributed by atoms with Crippen LogP contribution in [-0.2, 0) is 14.8 Å². The summed E-state index contributed by atoms with van der Waals surface area (Å²) in [5, 5.41) is 0. The number of ether oxygens (including phenoxy) is 1. The van der Waals surface area contributed by atoms with Crippen LogP contribution in [-0.4, -0.2) is 56.8 Å². The lowest BCUT2D eigenvalue weighted by molar-refractivity contribution is -0.125. The highest BCUT2D eigenvalue weighted by atomic mass is 32.2. The van der Waals surface area contributed by atoms with Crippen molar-refractivity contribution in [3.8, 4) is 5.75 Å². The van der Waals surface area contributed by atoms with Gasteiger partial charge in [-0.25, -0.2) is 8.42 Å². The number of methoxy groups -OCH3 is 1. The van der Waals surface area contributed by atoms with Gasteiger partial charge in [-0.2, -0.15) is 4.31 Å². The maximum Gasteiger partial charge on any atom is 0.246 e. The van der Waals surface area contributed by atoms with E-state index in [1.807, 2.05) is 32.0 Å². The van der Waals surface area contributed by atoms with Gasteiger partial charge in [0, 0.05) is 37.8 Å². The number of hydrogen-bond donors (Lipinski definition) is 0. The highest BCUT2D eigenvalue weighted by Gasteiger charge is 2.27. The van der Waals surface area contributed by atoms with Gasteiger partial charge in [-0.15, -0.1) is 0 Å². The fourth-order valence-corrected chi connectivity index (χ4v) is 4.93. The van der Waals surface area contributed by atoms with Gasteiger partial charge in [0.05, 0.1) is 12.0 Å². The fourth-order valence-electron chi connectivity index (χ4n) is 3.46. The minimum atomic E-state index is -3.56. The number of aryl methyl sites for hydroxylation is 2. The summed E-state index contributed by atoms with van der Waals surface area (Å²) in [7, 11) is -1.96. The smallest absolute Gasteiger partial charge is 0.246 e. The van der Waals surface area contributed by atoms with Crippen LogP contribution >= 0.6 is 0 Å². The van der Waals surface area contributed by atoms with E-state index in [0.29, 0.717) is 36.7 Å². The lowest BCUT2D eigenvalue weighted by Gasteiger charge is -2.21. The molecule has 6 nitrogen and oxygen atoms in total. The minimum absolute atomic E-state index is 0.131. The molecule has 1 fully saturated rings. The number of carbonyl (C=O) groups is 1. The molecule has 2 aromatic rings. The monoisotopic (exact) mass is 428 g/mol. The van der Waals surface area contributed by atoms with Gasteiger partial charge in [0.2, 0.25) is 15.9 Å². The summed E-state index contributed by atoms with van der Waals surface area (Å²) in [5.41, 5.74) is 2.93. The SMILES string of the molecule is COc1ccc(C)cc1/C=C/C(=O)N1CCCN(S(=O)(=O)c2ccc(C)cc2)CC1. The third-order valence-corrected chi connectivity index (χ3v) is 7.13. The average Bonchev–Trinajstić information content (AvgIpc) is 2.99. The number of carbonyl (C=O) groups excluding carboxylic acids is 1. The molecule has 0 atom stereocenters. The molecule has 1 heterocycles. The normalized spacial score (nSPS) is 15.9. The van der Waals surface area contributed by atoms with Gasteiger partial charge >= 0.3 is 0 Å². The number of nitrogens with zero attached hydrogens (tertiary/aromatic N) is 2. The van der Waals surface area contributed by atoms with Crippen LogP contribution in [0, 0.1) is 13.8 Å². The molecule has 160 valence electrons. The lowest BCUT2D eigenvalue weighted by Crippen LogP contribution is -2.36. The summed E-state index contributed by atoms with van der Waals surface area (Å²) in [6.45, 7) is 5.47. The van der Waals surface area contributed by atoms with Crippen molar-refractivity contribution in [1.29, 1.82) is 0 Å². The number of amides is 1. The van der Waals surface area contributed by atoms with Gasteiger partial charge in [0.1, 0.15) is 5.75 Å². The van der Waals surface area contributed by atoms with E-state index >= 15 is 0 Å². The van der Waals surface area contributed by atoms with Crippen LogP contribution in [0.4, 0.5) is 0 Å². The molecule has 1 aliphatic heterocycles. The number of hydrogen-bond acceptors (Lipinski definition) is 4. The summed E-state index contributed by atoms with van der Waals surface area (Å²) in [6, 6.07) is 12.7. The first-order valence-corrected chi connectivity index (χ1v) is 11.4. The highest BCUT2D eigenvalue weighted by Crippen LogP contribution is 2.22. The van der Waals surface area contributed by atoms with E-state index in [4.69, 9.17) is 4.74 Å². The molecule has 1 aliphatic rings. The molecule has 1 amide bonds. The lowest BCUT2D eigenvalue weighted by atomic mass is 10.1. The summed E-state index contributed by atoms with van der Waals surface area (Å²) >= 11 is 0. The second kappa shape index (κ2) is 9.45. The van der Waals surface area contributed by atoms with Crippen LogP contribution in [0.25, 0.3) is 6.08 Å². The van der Waals surface area contributed by atoms with Crippen LogP contribution in [0.5, 0.6) is 5.75 Å². The van der Waals surface area contributed by atoms with E-state index in [0.717, 1.165) is 16.7 Å². The molecule has 0 spiro atoms. The first-order chi connectivity index (χ1) is 14.3. The van der Waals surface area contributed by atoms with Gasteiger partial charge in [-0.3, -0.25) is 4.79 Å². The van der Waals surface area contributed by atoms with Crippen molar-refractivity contribution in [1.82, 2.24) is 9.21 Å². The van der Waals surface area contributed by atoms with Gasteiger partial charge in [0.15, 0.2) is 0 Å². The fraction of sp³-hybridized carbons (Fsp3) is 0.348. The Morgan fingerprint density at radius 2 is 1.67 bits per heavy atom. The predicted octanol–water partition coefficient (Wildman–Crippen LogP) is 3.25. The van der Waals surface area contributed by atoms with E-state index in [-0.39, 0.29) is 12.5 Å². The summed E-state index contributed by atoms with van der Waals surface area (Å²) in [6.07, 6.45) is 3.87. The first-order valence-electron chi connectivity index (χ1n) is 10.00. The van der Waals surface area contributed by atoms with Crippen molar-refractivity contribution >= 4 is 22.0 Å². The molecular weight excluding hydrogens is 400 g/mol. The molecule has 30 heavy (non-hydrogen) atoms. The Morgan fingerprint density at radius 3 is 2.37 bits per heavy atom. The Balaban J connectivity index is 1.68. The van der Waals surface area contributed by atoms with Crippen molar-refractivity contribution in [3.63, 3.8) is 0 Å². The van der Waals surface area contributed by atoms with Crippen LogP contribution < -0.4 is 4.74 Å². The number of benzene rings is 2. The molecule has 0 aliphatic carbocycles. The van der Waals surface area contributed by atoms with Crippen LogP contribution in [0.2, 0.25) is 0 Å². The molecule has 0 aromatic heterocycles. The van der Waals surface area contributed by atoms with Crippen molar-refractivity contribution in [2.75, 3.05) is 33.3 Å². The molecule has 0 saturated carbocycles. The quantitative estimate of drug-likeness (QED) is 0.686. The van der Waals surface area contributed by atoms with Gasteiger partial charge < -0.3 is 9.64 Å². The largest absolute Gasteiger partial charge is 0.496 e. The van der Waals surface area contributed by atoms with Crippen LogP contribution in [0.1, 0.15) is 23.1 Å². The molecule has 0 radical (unpaired) electrons. The Morgan fingerprint density at radius 1 is 0.967 bits per heavy atom. The molecule has 0 N–H and O–H groups in total. The maximum absolute atomic E-state index is 12.9. The topological polar surface area (TPSA) is 66.9 Å². The van der Waals surface area contributed by atoms with E-state index in [2.05, 4.69) is 0 Å².